The van der Waals surface area contributed by atoms with Crippen LogP contribution in [0.25, 0.3) is 0 Å². The SMILES string of the molecule is C1=C[C@H]2C[C@@H]1C[C@H]2CNC1CCCC1. The first-order valence-corrected chi connectivity index (χ1v) is 6.33. The van der Waals surface area contributed by atoms with Gasteiger partial charge in [0.2, 0.25) is 0 Å². The molecule has 2 saturated carbocycles. The van der Waals surface area contributed by atoms with Gasteiger partial charge in [-0.15, -0.1) is 0 Å². The van der Waals surface area contributed by atoms with E-state index in [1.807, 2.05) is 0 Å². The van der Waals surface area contributed by atoms with Gasteiger partial charge in [0.15, 0.2) is 0 Å². The molecule has 14 heavy (non-hydrogen) atoms. The van der Waals surface area contributed by atoms with E-state index in [-0.39, 0.29) is 0 Å². The highest BCUT2D eigenvalue weighted by Gasteiger charge is 2.35. The van der Waals surface area contributed by atoms with Crippen molar-refractivity contribution in [1.82, 2.24) is 5.32 Å². The number of hydrogen-bond acceptors (Lipinski definition) is 1. The molecule has 3 aliphatic carbocycles. The number of nitrogens with one attached hydrogen (secondary N) is 1. The summed E-state index contributed by atoms with van der Waals surface area (Å²) in [6.45, 7) is 1.29. The molecule has 0 aliphatic heterocycles. The second-order valence-electron chi connectivity index (χ2n) is 5.43. The molecule has 1 N–H and O–H groups in total. The van der Waals surface area contributed by atoms with Crippen molar-refractivity contribution in [3.05, 3.63) is 12.2 Å². The van der Waals surface area contributed by atoms with Crippen molar-refractivity contribution in [3.8, 4) is 0 Å². The smallest absolute Gasteiger partial charge is 0.00671 e. The van der Waals surface area contributed by atoms with Crippen LogP contribution in [0.15, 0.2) is 12.2 Å². The summed E-state index contributed by atoms with van der Waals surface area (Å²) in [4.78, 5) is 0. The maximum atomic E-state index is 3.77. The molecule has 0 radical (unpaired) electrons. The quantitative estimate of drug-likeness (QED) is 0.676. The van der Waals surface area contributed by atoms with E-state index in [0.29, 0.717) is 0 Å². The first-order valence-electron chi connectivity index (χ1n) is 6.33. The number of allylic oxidation sites excluding steroid dienone is 2. The summed E-state index contributed by atoms with van der Waals surface area (Å²) in [5.41, 5.74) is 0. The molecule has 2 fully saturated rings. The molecule has 0 aromatic rings. The Morgan fingerprint density at radius 1 is 1.07 bits per heavy atom. The molecule has 3 atom stereocenters. The van der Waals surface area contributed by atoms with E-state index in [1.54, 1.807) is 0 Å². The molecular formula is C13H21N. The van der Waals surface area contributed by atoms with E-state index >= 15 is 0 Å². The van der Waals surface area contributed by atoms with Gasteiger partial charge in [0.1, 0.15) is 0 Å². The molecule has 0 aromatic heterocycles. The fourth-order valence-electron chi connectivity index (χ4n) is 3.58. The van der Waals surface area contributed by atoms with Crippen LogP contribution in [-0.4, -0.2) is 12.6 Å². The van der Waals surface area contributed by atoms with Gasteiger partial charge in [0.25, 0.3) is 0 Å². The molecule has 0 aromatic carbocycles. The Bertz CT molecular complexity index is 227. The minimum Gasteiger partial charge on any atom is -0.314 e. The monoisotopic (exact) mass is 191 g/mol. The fourth-order valence-corrected chi connectivity index (χ4v) is 3.58. The van der Waals surface area contributed by atoms with Crippen molar-refractivity contribution in [3.63, 3.8) is 0 Å². The van der Waals surface area contributed by atoms with Crippen LogP contribution in [0.1, 0.15) is 38.5 Å². The zero-order valence-electron chi connectivity index (χ0n) is 8.91. The minimum absolute atomic E-state index is 0.859. The fraction of sp³-hybridized carbons (Fsp3) is 0.846. The Labute approximate surface area is 87.0 Å². The molecule has 0 saturated heterocycles. The number of hydrogen-bond donors (Lipinski definition) is 1. The predicted molar refractivity (Wildman–Crippen MR) is 59.1 cm³/mol. The van der Waals surface area contributed by atoms with Gasteiger partial charge >= 0.3 is 0 Å². The lowest BCUT2D eigenvalue weighted by molar-refractivity contribution is 0.383. The van der Waals surface area contributed by atoms with Crippen molar-refractivity contribution in [2.45, 2.75) is 44.6 Å². The molecule has 2 bridgehead atoms. The topological polar surface area (TPSA) is 12.0 Å². The lowest BCUT2D eigenvalue weighted by Gasteiger charge is -2.21. The average molecular weight is 191 g/mol. The van der Waals surface area contributed by atoms with Crippen LogP contribution in [0.3, 0.4) is 0 Å². The van der Waals surface area contributed by atoms with E-state index in [0.717, 1.165) is 23.8 Å². The van der Waals surface area contributed by atoms with Crippen molar-refractivity contribution in [2.75, 3.05) is 6.54 Å². The van der Waals surface area contributed by atoms with Gasteiger partial charge < -0.3 is 5.32 Å². The van der Waals surface area contributed by atoms with Gasteiger partial charge in [0.05, 0.1) is 0 Å². The van der Waals surface area contributed by atoms with E-state index in [9.17, 15) is 0 Å². The van der Waals surface area contributed by atoms with Crippen LogP contribution in [0.2, 0.25) is 0 Å². The van der Waals surface area contributed by atoms with Gasteiger partial charge in [-0.05, 0) is 50.0 Å². The molecule has 3 rings (SSSR count). The minimum atomic E-state index is 0.859. The molecule has 0 spiro atoms. The van der Waals surface area contributed by atoms with Gasteiger partial charge in [0, 0.05) is 6.04 Å². The van der Waals surface area contributed by atoms with Crippen LogP contribution in [-0.2, 0) is 0 Å². The third-order valence-electron chi connectivity index (χ3n) is 4.44. The summed E-state index contributed by atoms with van der Waals surface area (Å²) < 4.78 is 0. The molecule has 78 valence electrons. The Balaban J connectivity index is 1.47. The largest absolute Gasteiger partial charge is 0.314 e. The highest BCUT2D eigenvalue weighted by atomic mass is 14.9. The highest BCUT2D eigenvalue weighted by Crippen LogP contribution is 2.43. The third-order valence-corrected chi connectivity index (χ3v) is 4.44. The summed E-state index contributed by atoms with van der Waals surface area (Å²) >= 11 is 0. The third kappa shape index (κ3) is 1.63. The van der Waals surface area contributed by atoms with E-state index in [2.05, 4.69) is 17.5 Å². The molecule has 3 aliphatic rings. The van der Waals surface area contributed by atoms with Crippen LogP contribution in [0.5, 0.6) is 0 Å². The normalized spacial score (nSPS) is 41.3. The Morgan fingerprint density at radius 2 is 1.93 bits per heavy atom. The summed E-state index contributed by atoms with van der Waals surface area (Å²) in [5.74, 6) is 2.83. The molecule has 0 amide bonds. The molecule has 0 unspecified atom stereocenters. The van der Waals surface area contributed by atoms with Crippen molar-refractivity contribution >= 4 is 0 Å². The summed E-state index contributed by atoms with van der Waals surface area (Å²) in [6, 6.07) is 0.859. The Morgan fingerprint density at radius 3 is 2.57 bits per heavy atom. The van der Waals surface area contributed by atoms with E-state index < -0.39 is 0 Å². The molecule has 1 heteroatoms. The average Bonchev–Trinajstić information content (AvgIpc) is 2.91. The number of rotatable bonds is 3. The Kier molecular flexibility index (Phi) is 2.36. The highest BCUT2D eigenvalue weighted by molar-refractivity contribution is 5.10. The summed E-state index contributed by atoms with van der Waals surface area (Å²) in [5, 5.41) is 3.77. The maximum Gasteiger partial charge on any atom is 0.00671 e. The summed E-state index contributed by atoms with van der Waals surface area (Å²) in [7, 11) is 0. The maximum absolute atomic E-state index is 3.77. The number of fused-ring (bicyclic) bond motifs is 2. The predicted octanol–water partition coefficient (Wildman–Crippen LogP) is 2.73. The van der Waals surface area contributed by atoms with Crippen LogP contribution < -0.4 is 5.32 Å². The van der Waals surface area contributed by atoms with Gasteiger partial charge in [-0.1, -0.05) is 25.0 Å². The van der Waals surface area contributed by atoms with Gasteiger partial charge in [-0.2, -0.15) is 0 Å². The Hall–Kier alpha value is -0.300. The lowest BCUT2D eigenvalue weighted by Crippen LogP contribution is -2.32. The van der Waals surface area contributed by atoms with Crippen LogP contribution >= 0.6 is 0 Å². The lowest BCUT2D eigenvalue weighted by atomic mass is 9.93. The van der Waals surface area contributed by atoms with E-state index in [4.69, 9.17) is 0 Å². The standard InChI is InChI=1S/C13H21N/c1-2-4-13(3-1)14-9-12-8-10-5-6-11(12)7-10/h5-6,10-14H,1-4,7-9H2/t10-,11+,12+/m1/s1. The van der Waals surface area contributed by atoms with Crippen LogP contribution in [0, 0.1) is 17.8 Å². The van der Waals surface area contributed by atoms with Gasteiger partial charge in [-0.3, -0.25) is 0 Å². The molecule has 0 heterocycles. The van der Waals surface area contributed by atoms with E-state index in [1.165, 1.54) is 45.1 Å². The zero-order valence-corrected chi connectivity index (χ0v) is 8.91. The first kappa shape index (κ1) is 8.96. The first-order chi connectivity index (χ1) is 6.92. The molecule has 1 nitrogen and oxygen atoms in total. The van der Waals surface area contributed by atoms with Crippen LogP contribution in [0.4, 0.5) is 0 Å². The molecular weight excluding hydrogens is 170 g/mol. The zero-order chi connectivity index (χ0) is 9.38. The van der Waals surface area contributed by atoms with Crippen molar-refractivity contribution in [1.29, 1.82) is 0 Å². The van der Waals surface area contributed by atoms with Crippen molar-refractivity contribution in [2.24, 2.45) is 17.8 Å². The second kappa shape index (κ2) is 3.69. The second-order valence-corrected chi connectivity index (χ2v) is 5.43. The summed E-state index contributed by atoms with van der Waals surface area (Å²) in [6.07, 6.45) is 13.6. The van der Waals surface area contributed by atoms with Crippen molar-refractivity contribution < 1.29 is 0 Å². The van der Waals surface area contributed by atoms with Gasteiger partial charge in [-0.25, -0.2) is 0 Å².